The lowest BCUT2D eigenvalue weighted by Crippen LogP contribution is -2.41. The van der Waals surface area contributed by atoms with Crippen molar-refractivity contribution in [3.05, 3.63) is 64.8 Å². The maximum absolute atomic E-state index is 13.9. The van der Waals surface area contributed by atoms with Crippen LogP contribution in [-0.4, -0.2) is 32.1 Å². The van der Waals surface area contributed by atoms with Crippen LogP contribution < -0.4 is 5.73 Å². The molecule has 0 radical (unpaired) electrons. The van der Waals surface area contributed by atoms with Gasteiger partial charge in [0.15, 0.2) is 0 Å². The summed E-state index contributed by atoms with van der Waals surface area (Å²) >= 11 is 0. The van der Waals surface area contributed by atoms with Gasteiger partial charge in [0.2, 0.25) is 0 Å². The van der Waals surface area contributed by atoms with E-state index in [1.54, 1.807) is 0 Å². The molecule has 2 aliphatic heterocycles. The van der Waals surface area contributed by atoms with Gasteiger partial charge in [-0.15, -0.1) is 0 Å². The highest BCUT2D eigenvalue weighted by Crippen LogP contribution is 2.39. The van der Waals surface area contributed by atoms with Gasteiger partial charge in [-0.1, -0.05) is 13.0 Å². The Hall–Kier alpha value is -3.45. The van der Waals surface area contributed by atoms with E-state index in [2.05, 4.69) is 40.1 Å². The maximum Gasteiger partial charge on any atom is 0.254 e. The quantitative estimate of drug-likeness (QED) is 0.464. The van der Waals surface area contributed by atoms with E-state index in [1.165, 1.54) is 5.56 Å². The summed E-state index contributed by atoms with van der Waals surface area (Å²) < 4.78 is 7.67. The Morgan fingerprint density at radius 1 is 1.12 bits per heavy atom. The smallest absolute Gasteiger partial charge is 0.254 e. The van der Waals surface area contributed by atoms with Crippen molar-refractivity contribution in [2.45, 2.75) is 45.4 Å². The maximum atomic E-state index is 13.9. The van der Waals surface area contributed by atoms with Gasteiger partial charge in [0.25, 0.3) is 5.91 Å². The zero-order valence-corrected chi connectivity index (χ0v) is 19.8. The zero-order valence-electron chi connectivity index (χ0n) is 19.8. The second kappa shape index (κ2) is 7.81. The molecular weight excluding hydrogens is 426 g/mol. The molecule has 2 aromatic carbocycles. The third-order valence-electron chi connectivity index (χ3n) is 7.40. The summed E-state index contributed by atoms with van der Waals surface area (Å²) in [5.74, 6) is 1.03. The van der Waals surface area contributed by atoms with E-state index in [0.29, 0.717) is 23.9 Å². The van der Waals surface area contributed by atoms with Crippen LogP contribution in [0.15, 0.2) is 42.6 Å². The van der Waals surface area contributed by atoms with Crippen molar-refractivity contribution in [2.75, 3.05) is 12.3 Å². The number of rotatable bonds is 2. The monoisotopic (exact) mass is 455 g/mol. The Balaban J connectivity index is 1.40. The number of aryl methyl sites for hydroxylation is 1. The molecule has 3 atom stereocenters. The number of nitrogen functional groups attached to an aromatic ring is 1. The van der Waals surface area contributed by atoms with Gasteiger partial charge in [-0.3, -0.25) is 9.48 Å². The normalized spacial score (nSPS) is 22.4. The standard InChI is InChI=1S/C27H29N5O2/c1-15-4-9-24(17-5-7-22-19(10-17)13-31(3)30-22)32(12-15)27(33)18-6-8-23-20(11-18)21-14-34-16(2)25(21)26(28)29-23/h5-8,10-11,13,15-16,24H,4,9,12,14H2,1-3H3,(H2,28,29)/t15-,16-,24+/m1/s1. The van der Waals surface area contributed by atoms with E-state index >= 15 is 0 Å². The number of piperidine rings is 1. The molecule has 0 unspecified atom stereocenters. The van der Waals surface area contributed by atoms with Crippen LogP contribution in [0.25, 0.3) is 21.8 Å². The van der Waals surface area contributed by atoms with Gasteiger partial charge in [-0.05, 0) is 67.1 Å². The Kier molecular flexibility index (Phi) is 4.85. The first-order valence-corrected chi connectivity index (χ1v) is 12.0. The van der Waals surface area contributed by atoms with Gasteiger partial charge < -0.3 is 15.4 Å². The van der Waals surface area contributed by atoms with E-state index < -0.39 is 0 Å². The summed E-state index contributed by atoms with van der Waals surface area (Å²) in [6.07, 6.45) is 4.00. The summed E-state index contributed by atoms with van der Waals surface area (Å²) in [6, 6.07) is 12.2. The number of benzene rings is 2. The predicted molar refractivity (Wildman–Crippen MR) is 132 cm³/mol. The summed E-state index contributed by atoms with van der Waals surface area (Å²) in [5.41, 5.74) is 11.8. The molecule has 6 rings (SSSR count). The molecule has 4 aromatic rings. The number of nitrogens with two attached hydrogens (primary N) is 1. The fourth-order valence-corrected chi connectivity index (χ4v) is 5.66. The topological polar surface area (TPSA) is 86.3 Å². The number of likely N-dealkylation sites (tertiary alicyclic amines) is 1. The molecule has 2 aliphatic rings. The van der Waals surface area contributed by atoms with Crippen LogP contribution in [0.2, 0.25) is 0 Å². The molecule has 1 fully saturated rings. The van der Waals surface area contributed by atoms with Crippen molar-refractivity contribution in [3.63, 3.8) is 0 Å². The number of hydrogen-bond acceptors (Lipinski definition) is 5. The molecule has 7 heteroatoms. The lowest BCUT2D eigenvalue weighted by molar-refractivity contribution is 0.0545. The second-order valence-electron chi connectivity index (χ2n) is 9.85. The number of anilines is 1. The van der Waals surface area contributed by atoms with E-state index in [0.717, 1.165) is 52.3 Å². The van der Waals surface area contributed by atoms with Crippen LogP contribution in [0, 0.1) is 5.92 Å². The van der Waals surface area contributed by atoms with Crippen LogP contribution >= 0.6 is 0 Å². The number of nitrogens with zero attached hydrogens (tertiary/aromatic N) is 4. The number of carbonyl (C=O) groups excluding carboxylic acids is 1. The number of aromatic nitrogens is 3. The van der Waals surface area contributed by atoms with Crippen LogP contribution in [0.4, 0.5) is 5.82 Å². The Labute approximate surface area is 198 Å². The first-order chi connectivity index (χ1) is 16.4. The highest BCUT2D eigenvalue weighted by molar-refractivity contribution is 5.99. The highest BCUT2D eigenvalue weighted by Gasteiger charge is 2.32. The molecule has 0 bridgehead atoms. The van der Waals surface area contributed by atoms with Crippen molar-refractivity contribution in [3.8, 4) is 0 Å². The minimum Gasteiger partial charge on any atom is -0.383 e. The molecule has 7 nitrogen and oxygen atoms in total. The van der Waals surface area contributed by atoms with Crippen molar-refractivity contribution in [1.82, 2.24) is 19.7 Å². The first kappa shape index (κ1) is 21.1. The summed E-state index contributed by atoms with van der Waals surface area (Å²) in [7, 11) is 1.93. The Morgan fingerprint density at radius 2 is 1.94 bits per heavy atom. The number of ether oxygens (including phenoxy) is 1. The van der Waals surface area contributed by atoms with Crippen molar-refractivity contribution >= 4 is 33.5 Å². The minimum atomic E-state index is -0.0824. The average molecular weight is 456 g/mol. The Bertz CT molecular complexity index is 1440. The van der Waals surface area contributed by atoms with Crippen molar-refractivity contribution in [1.29, 1.82) is 0 Å². The van der Waals surface area contributed by atoms with Gasteiger partial charge >= 0.3 is 0 Å². The third-order valence-corrected chi connectivity index (χ3v) is 7.40. The minimum absolute atomic E-state index is 0.0441. The molecule has 4 heterocycles. The van der Waals surface area contributed by atoms with Gasteiger partial charge in [0, 0.05) is 41.7 Å². The fourth-order valence-electron chi connectivity index (χ4n) is 5.66. The lowest BCUT2D eigenvalue weighted by atomic mass is 9.89. The second-order valence-corrected chi connectivity index (χ2v) is 9.85. The summed E-state index contributed by atoms with van der Waals surface area (Å²) in [6.45, 7) is 5.44. The molecule has 174 valence electrons. The van der Waals surface area contributed by atoms with Gasteiger partial charge in [-0.2, -0.15) is 5.10 Å². The largest absolute Gasteiger partial charge is 0.383 e. The van der Waals surface area contributed by atoms with E-state index in [9.17, 15) is 4.79 Å². The SMILES string of the molecule is C[C@@H]1CC[C@@H](c2ccc3nn(C)cc3c2)N(C(=O)c2ccc3nc(N)c4c(c3c2)CO[C@@H]4C)C1. The fraction of sp³-hybridized carbons (Fsp3) is 0.370. The molecular formula is C27H29N5O2. The zero-order chi connectivity index (χ0) is 23.6. The van der Waals surface area contributed by atoms with Crippen LogP contribution in [0.1, 0.15) is 65.9 Å². The third kappa shape index (κ3) is 3.34. The molecule has 2 N–H and O–H groups in total. The molecule has 34 heavy (non-hydrogen) atoms. The predicted octanol–water partition coefficient (Wildman–Crippen LogP) is 4.91. The van der Waals surface area contributed by atoms with E-state index in [-0.39, 0.29) is 18.1 Å². The summed E-state index contributed by atoms with van der Waals surface area (Å²) in [5, 5.41) is 6.55. The van der Waals surface area contributed by atoms with E-state index in [1.807, 2.05) is 43.0 Å². The number of carbonyl (C=O) groups is 1. The van der Waals surface area contributed by atoms with Crippen LogP contribution in [0.5, 0.6) is 0 Å². The number of hydrogen-bond donors (Lipinski definition) is 1. The van der Waals surface area contributed by atoms with Gasteiger partial charge in [-0.25, -0.2) is 4.98 Å². The molecule has 0 saturated carbocycles. The lowest BCUT2D eigenvalue weighted by Gasteiger charge is -2.39. The molecule has 1 amide bonds. The summed E-state index contributed by atoms with van der Waals surface area (Å²) in [4.78, 5) is 20.5. The number of fused-ring (bicyclic) bond motifs is 4. The van der Waals surface area contributed by atoms with Crippen LogP contribution in [-0.2, 0) is 18.4 Å². The van der Waals surface area contributed by atoms with E-state index in [4.69, 9.17) is 10.5 Å². The molecule has 1 saturated heterocycles. The molecule has 0 spiro atoms. The number of pyridine rings is 1. The Morgan fingerprint density at radius 3 is 2.79 bits per heavy atom. The van der Waals surface area contributed by atoms with Crippen molar-refractivity contribution < 1.29 is 9.53 Å². The van der Waals surface area contributed by atoms with Crippen LogP contribution in [0.3, 0.4) is 0 Å². The average Bonchev–Trinajstić information content (AvgIpc) is 3.40. The molecule has 0 aliphatic carbocycles. The molecule has 2 aromatic heterocycles. The highest BCUT2D eigenvalue weighted by atomic mass is 16.5. The van der Waals surface area contributed by atoms with Crippen molar-refractivity contribution in [2.24, 2.45) is 13.0 Å². The first-order valence-electron chi connectivity index (χ1n) is 12.0. The van der Waals surface area contributed by atoms with Gasteiger partial charge in [0.1, 0.15) is 5.82 Å². The number of amides is 1. The van der Waals surface area contributed by atoms with Gasteiger partial charge in [0.05, 0.1) is 29.8 Å².